The fraction of sp³-hybridized carbons (Fsp3) is 0.133. The van der Waals surface area contributed by atoms with Crippen molar-refractivity contribution in [3.05, 3.63) is 46.6 Å². The van der Waals surface area contributed by atoms with Gasteiger partial charge in [0, 0.05) is 17.1 Å². The average Bonchev–Trinajstić information content (AvgIpc) is 2.80. The highest BCUT2D eigenvalue weighted by Gasteiger charge is 2.22. The summed E-state index contributed by atoms with van der Waals surface area (Å²) in [6.45, 7) is 4.98. The van der Waals surface area contributed by atoms with Gasteiger partial charge in [0.05, 0.1) is 0 Å². The Bertz CT molecular complexity index is 698. The summed E-state index contributed by atoms with van der Waals surface area (Å²) in [7, 11) is 0. The molecule has 0 atom stereocenters. The van der Waals surface area contributed by atoms with Crippen molar-refractivity contribution in [2.24, 2.45) is 4.99 Å². The molecule has 0 spiro atoms. The summed E-state index contributed by atoms with van der Waals surface area (Å²) in [5, 5.41) is -0.101. The number of nitrogens with zero attached hydrogens (tertiary/aromatic N) is 1. The number of thioether (sulfide) groups is 2. The minimum absolute atomic E-state index is 0.101. The highest BCUT2D eigenvalue weighted by Crippen LogP contribution is 2.33. The maximum atomic E-state index is 12.0. The summed E-state index contributed by atoms with van der Waals surface area (Å²) in [4.78, 5) is 27.3. The Balaban J connectivity index is 2.27. The molecule has 1 heterocycles. The van der Waals surface area contributed by atoms with E-state index < -0.39 is 5.97 Å². The van der Waals surface area contributed by atoms with E-state index in [1.165, 1.54) is 18.7 Å². The fourth-order valence-electron chi connectivity index (χ4n) is 1.59. The topological polar surface area (TPSA) is 55.7 Å². The number of aliphatic imine (C=N–C) groups is 1. The van der Waals surface area contributed by atoms with E-state index in [4.69, 9.17) is 4.74 Å². The van der Waals surface area contributed by atoms with Crippen molar-refractivity contribution in [1.82, 2.24) is 0 Å². The van der Waals surface area contributed by atoms with E-state index in [0.717, 1.165) is 21.8 Å². The number of halogens is 1. The number of carbonyl (C=O) groups is 2. The lowest BCUT2D eigenvalue weighted by molar-refractivity contribution is -0.131. The van der Waals surface area contributed by atoms with Crippen LogP contribution in [0.2, 0.25) is 0 Å². The molecule has 114 valence electrons. The van der Waals surface area contributed by atoms with E-state index in [1.54, 1.807) is 30.4 Å². The van der Waals surface area contributed by atoms with E-state index in [9.17, 15) is 9.59 Å². The molecular weight excluding hydrogens is 386 g/mol. The summed E-state index contributed by atoms with van der Waals surface area (Å²) >= 11 is 5.99. The first-order chi connectivity index (χ1) is 10.5. The largest absolute Gasteiger partial charge is 0.427 e. The number of carbonyl (C=O) groups excluding carboxylic acids is 2. The van der Waals surface area contributed by atoms with Gasteiger partial charge in [-0.2, -0.15) is 0 Å². The Morgan fingerprint density at radius 3 is 3.00 bits per heavy atom. The van der Waals surface area contributed by atoms with Crippen molar-refractivity contribution >= 4 is 61.0 Å². The van der Waals surface area contributed by atoms with Crippen molar-refractivity contribution in [3.63, 3.8) is 0 Å². The van der Waals surface area contributed by atoms with Crippen LogP contribution >= 0.6 is 39.5 Å². The van der Waals surface area contributed by atoms with Crippen LogP contribution in [0.4, 0.5) is 0 Å². The molecule has 0 radical (unpaired) electrons. The highest BCUT2D eigenvalue weighted by molar-refractivity contribution is 9.10. The molecule has 0 fully saturated rings. The summed E-state index contributed by atoms with van der Waals surface area (Å²) < 4.78 is 6.54. The molecule has 0 aromatic heterocycles. The number of hydrogen-bond acceptors (Lipinski definition) is 6. The Morgan fingerprint density at radius 2 is 2.32 bits per heavy atom. The third-order valence-electron chi connectivity index (χ3n) is 2.45. The quantitative estimate of drug-likeness (QED) is 0.328. The third kappa shape index (κ3) is 4.59. The maximum absolute atomic E-state index is 12.0. The first kappa shape index (κ1) is 17.1. The summed E-state index contributed by atoms with van der Waals surface area (Å²) in [6, 6.07) is 5.11. The van der Waals surface area contributed by atoms with Gasteiger partial charge in [-0.25, -0.2) is 4.99 Å². The van der Waals surface area contributed by atoms with Gasteiger partial charge in [-0.1, -0.05) is 33.8 Å². The molecule has 22 heavy (non-hydrogen) atoms. The molecule has 1 aromatic rings. The van der Waals surface area contributed by atoms with E-state index >= 15 is 0 Å². The van der Waals surface area contributed by atoms with Crippen LogP contribution in [0.1, 0.15) is 12.5 Å². The van der Waals surface area contributed by atoms with E-state index in [2.05, 4.69) is 27.5 Å². The molecule has 2 rings (SSSR count). The molecule has 0 bridgehead atoms. The molecule has 1 aliphatic heterocycles. The molecule has 4 nitrogen and oxygen atoms in total. The number of hydrogen-bond donors (Lipinski definition) is 0. The van der Waals surface area contributed by atoms with Gasteiger partial charge in [-0.15, -0.1) is 6.58 Å². The van der Waals surface area contributed by atoms with Gasteiger partial charge in [-0.3, -0.25) is 9.59 Å². The van der Waals surface area contributed by atoms with Gasteiger partial charge in [0.1, 0.15) is 15.8 Å². The first-order valence-electron chi connectivity index (χ1n) is 6.24. The van der Waals surface area contributed by atoms with Gasteiger partial charge in [-0.05, 0) is 41.6 Å². The lowest BCUT2D eigenvalue weighted by Gasteiger charge is -2.04. The number of ether oxygens (including phenoxy) is 1. The van der Waals surface area contributed by atoms with Gasteiger partial charge in [0.2, 0.25) is 5.12 Å². The second-order valence-corrected chi connectivity index (χ2v) is 7.26. The highest BCUT2D eigenvalue weighted by atomic mass is 79.9. The Morgan fingerprint density at radius 1 is 1.55 bits per heavy atom. The average molecular weight is 398 g/mol. The zero-order chi connectivity index (χ0) is 16.1. The molecule has 0 unspecified atom stereocenters. The second-order valence-electron chi connectivity index (χ2n) is 4.17. The van der Waals surface area contributed by atoms with Gasteiger partial charge in [0.15, 0.2) is 0 Å². The monoisotopic (exact) mass is 397 g/mol. The number of benzene rings is 1. The smallest absolute Gasteiger partial charge is 0.308 e. The van der Waals surface area contributed by atoms with E-state index in [-0.39, 0.29) is 5.12 Å². The van der Waals surface area contributed by atoms with Gasteiger partial charge < -0.3 is 4.74 Å². The fourth-order valence-corrected chi connectivity index (χ4v) is 3.55. The lowest BCUT2D eigenvalue weighted by atomic mass is 10.2. The van der Waals surface area contributed by atoms with Crippen LogP contribution < -0.4 is 4.74 Å². The lowest BCUT2D eigenvalue weighted by Crippen LogP contribution is -2.01. The molecule has 1 aliphatic rings. The predicted molar refractivity (Wildman–Crippen MR) is 96.1 cm³/mol. The van der Waals surface area contributed by atoms with Crippen LogP contribution in [-0.2, 0) is 9.59 Å². The van der Waals surface area contributed by atoms with E-state index in [0.29, 0.717) is 21.6 Å². The molecule has 0 saturated carbocycles. The minimum Gasteiger partial charge on any atom is -0.427 e. The van der Waals surface area contributed by atoms with Crippen LogP contribution in [0.25, 0.3) is 6.08 Å². The Kier molecular flexibility index (Phi) is 6.05. The second kappa shape index (κ2) is 7.80. The molecular formula is C15H12BrNO3S2. The molecule has 7 heteroatoms. The molecule has 0 amide bonds. The summed E-state index contributed by atoms with van der Waals surface area (Å²) in [6.07, 6.45) is 3.44. The van der Waals surface area contributed by atoms with Crippen LogP contribution in [0.5, 0.6) is 5.75 Å². The molecule has 0 saturated heterocycles. The molecule has 1 aromatic carbocycles. The van der Waals surface area contributed by atoms with Crippen molar-refractivity contribution in [3.8, 4) is 5.75 Å². The predicted octanol–water partition coefficient (Wildman–Crippen LogP) is 4.26. The van der Waals surface area contributed by atoms with Gasteiger partial charge in [0.25, 0.3) is 0 Å². The van der Waals surface area contributed by atoms with Crippen LogP contribution in [0.3, 0.4) is 0 Å². The van der Waals surface area contributed by atoms with Crippen LogP contribution in [-0.4, -0.2) is 21.2 Å². The maximum Gasteiger partial charge on any atom is 0.308 e. The van der Waals surface area contributed by atoms with Crippen LogP contribution in [0, 0.1) is 0 Å². The van der Waals surface area contributed by atoms with Crippen LogP contribution in [0.15, 0.2) is 46.0 Å². The number of rotatable bonds is 4. The molecule has 0 aliphatic carbocycles. The minimum atomic E-state index is -0.394. The first-order valence-corrected chi connectivity index (χ1v) is 8.83. The summed E-state index contributed by atoms with van der Waals surface area (Å²) in [5.41, 5.74) is 1.10. The van der Waals surface area contributed by atoms with Gasteiger partial charge >= 0.3 is 5.97 Å². The zero-order valence-corrected chi connectivity index (χ0v) is 14.9. The zero-order valence-electron chi connectivity index (χ0n) is 11.7. The van der Waals surface area contributed by atoms with Crippen molar-refractivity contribution in [2.45, 2.75) is 6.92 Å². The third-order valence-corrected chi connectivity index (χ3v) is 5.17. The summed E-state index contributed by atoms with van der Waals surface area (Å²) in [5.74, 6) is 0.735. The van der Waals surface area contributed by atoms with E-state index in [1.807, 2.05) is 0 Å². The van der Waals surface area contributed by atoms with Crippen molar-refractivity contribution < 1.29 is 14.3 Å². The normalized spacial score (nSPS) is 15.8. The SMILES string of the molecule is C=CCSC1=NC(=Cc2cc(OC(C)=O)ccc2Br)C(=O)S1. The Labute approximate surface area is 145 Å². The standard InChI is InChI=1S/C15H12BrNO3S2/c1-3-6-21-15-17-13(14(19)22-15)8-10-7-11(20-9(2)18)4-5-12(10)16/h3-5,7-8H,1,6H2,2H3. The van der Waals surface area contributed by atoms with Crippen molar-refractivity contribution in [1.29, 1.82) is 0 Å². The van der Waals surface area contributed by atoms with Crippen molar-refractivity contribution in [2.75, 3.05) is 5.75 Å². The Hall–Kier alpha value is -1.31. The molecule has 0 N–H and O–H groups in total. The number of esters is 1.